The first-order valence-corrected chi connectivity index (χ1v) is 10.3. The number of nitrogens with zero attached hydrogens (tertiary/aromatic N) is 2. The summed E-state index contributed by atoms with van der Waals surface area (Å²) >= 11 is 0. The smallest absolute Gasteiger partial charge is 0.410 e. The van der Waals surface area contributed by atoms with Gasteiger partial charge in [0.15, 0.2) is 0 Å². The minimum absolute atomic E-state index is 0.203. The largest absolute Gasteiger partial charge is 0.444 e. The fourth-order valence-electron chi connectivity index (χ4n) is 3.91. The van der Waals surface area contributed by atoms with E-state index in [4.69, 9.17) is 14.2 Å². The predicted molar refractivity (Wildman–Crippen MR) is 100 cm³/mol. The first-order chi connectivity index (χ1) is 12.3. The molecule has 26 heavy (non-hydrogen) atoms. The maximum absolute atomic E-state index is 12.1. The maximum Gasteiger partial charge on any atom is 0.410 e. The Kier molecular flexibility index (Phi) is 6.46. The molecular formula is C20H36N2O4. The topological polar surface area (TPSA) is 51.2 Å². The number of piperidine rings is 2. The van der Waals surface area contributed by atoms with Crippen LogP contribution in [0.5, 0.6) is 0 Å². The van der Waals surface area contributed by atoms with Crippen molar-refractivity contribution in [1.29, 1.82) is 0 Å². The molecule has 2 aliphatic heterocycles. The lowest BCUT2D eigenvalue weighted by Crippen LogP contribution is -2.47. The zero-order valence-electron chi connectivity index (χ0n) is 16.9. The Balaban J connectivity index is 1.28. The molecule has 6 nitrogen and oxygen atoms in total. The minimum Gasteiger partial charge on any atom is -0.444 e. The average molecular weight is 369 g/mol. The molecule has 6 heteroatoms. The standard InChI is InChI=1S/C20H36N2O4/c1-20(2,3)26-19(23)22-11-7-16(8-12-22)25-18-13-17(14-18)24-15-5-9-21(4)10-6-15/h15-18H,5-14H2,1-4H3. The highest BCUT2D eigenvalue weighted by Gasteiger charge is 2.36. The van der Waals surface area contributed by atoms with E-state index in [1.165, 1.54) is 0 Å². The van der Waals surface area contributed by atoms with Crippen LogP contribution in [-0.2, 0) is 14.2 Å². The third-order valence-electron chi connectivity index (χ3n) is 5.58. The average Bonchev–Trinajstić information content (AvgIpc) is 2.54. The second-order valence-corrected chi connectivity index (χ2v) is 9.16. The molecule has 1 saturated carbocycles. The van der Waals surface area contributed by atoms with Gasteiger partial charge in [0.2, 0.25) is 0 Å². The molecule has 0 atom stereocenters. The molecule has 0 spiro atoms. The molecule has 1 aliphatic carbocycles. The van der Waals surface area contributed by atoms with Crippen LogP contribution in [0.25, 0.3) is 0 Å². The first-order valence-electron chi connectivity index (χ1n) is 10.3. The van der Waals surface area contributed by atoms with Crippen molar-refractivity contribution >= 4 is 6.09 Å². The van der Waals surface area contributed by atoms with Gasteiger partial charge in [0.05, 0.1) is 24.4 Å². The van der Waals surface area contributed by atoms with Gasteiger partial charge in [-0.1, -0.05) is 0 Å². The van der Waals surface area contributed by atoms with Gasteiger partial charge in [0.25, 0.3) is 0 Å². The molecular weight excluding hydrogens is 332 g/mol. The van der Waals surface area contributed by atoms with Gasteiger partial charge in [0.1, 0.15) is 5.60 Å². The van der Waals surface area contributed by atoms with Crippen LogP contribution in [0, 0.1) is 0 Å². The SMILES string of the molecule is CN1CCC(OC2CC(OC3CCN(C(=O)OC(C)(C)C)CC3)C2)CC1. The van der Waals surface area contributed by atoms with Crippen LogP contribution in [0.15, 0.2) is 0 Å². The van der Waals surface area contributed by atoms with Crippen LogP contribution in [0.4, 0.5) is 4.79 Å². The van der Waals surface area contributed by atoms with Crippen LogP contribution in [0.1, 0.15) is 59.3 Å². The van der Waals surface area contributed by atoms with E-state index in [9.17, 15) is 4.79 Å². The van der Waals surface area contributed by atoms with Gasteiger partial charge in [-0.15, -0.1) is 0 Å². The fraction of sp³-hybridized carbons (Fsp3) is 0.950. The normalized spacial score (nSPS) is 29.5. The Bertz CT molecular complexity index is 457. The molecule has 0 unspecified atom stereocenters. The van der Waals surface area contributed by atoms with E-state index in [2.05, 4.69) is 11.9 Å². The van der Waals surface area contributed by atoms with Crippen LogP contribution < -0.4 is 0 Å². The van der Waals surface area contributed by atoms with Gasteiger partial charge in [-0.05, 0) is 66.3 Å². The lowest BCUT2D eigenvalue weighted by molar-refractivity contribution is -0.156. The third kappa shape index (κ3) is 5.83. The third-order valence-corrected chi connectivity index (χ3v) is 5.58. The van der Waals surface area contributed by atoms with Gasteiger partial charge in [-0.25, -0.2) is 4.79 Å². The Morgan fingerprint density at radius 3 is 1.73 bits per heavy atom. The number of hydrogen-bond donors (Lipinski definition) is 0. The van der Waals surface area contributed by atoms with Crippen LogP contribution in [0.3, 0.4) is 0 Å². The zero-order chi connectivity index (χ0) is 18.7. The second kappa shape index (κ2) is 8.44. The molecule has 0 bridgehead atoms. The van der Waals surface area contributed by atoms with E-state index < -0.39 is 5.60 Å². The Hall–Kier alpha value is -0.850. The molecule has 2 heterocycles. The highest BCUT2D eigenvalue weighted by Crippen LogP contribution is 2.32. The summed E-state index contributed by atoms with van der Waals surface area (Å²) in [6.07, 6.45) is 7.38. The fourth-order valence-corrected chi connectivity index (χ4v) is 3.91. The van der Waals surface area contributed by atoms with Crippen molar-refractivity contribution in [2.75, 3.05) is 33.2 Å². The molecule has 0 aromatic rings. The molecule has 2 saturated heterocycles. The minimum atomic E-state index is -0.431. The highest BCUT2D eigenvalue weighted by molar-refractivity contribution is 5.68. The van der Waals surface area contributed by atoms with Crippen LogP contribution >= 0.6 is 0 Å². The molecule has 0 aromatic heterocycles. The monoisotopic (exact) mass is 368 g/mol. The van der Waals surface area contributed by atoms with Crippen molar-refractivity contribution in [2.24, 2.45) is 0 Å². The number of carbonyl (C=O) groups is 1. The van der Waals surface area contributed by atoms with Gasteiger partial charge >= 0.3 is 6.09 Å². The second-order valence-electron chi connectivity index (χ2n) is 9.16. The molecule has 0 aromatic carbocycles. The van der Waals surface area contributed by atoms with E-state index in [0.29, 0.717) is 18.3 Å². The Labute approximate surface area is 158 Å². The van der Waals surface area contributed by atoms with E-state index in [1.807, 2.05) is 20.8 Å². The number of hydrogen-bond acceptors (Lipinski definition) is 5. The van der Waals surface area contributed by atoms with Crippen LogP contribution in [-0.4, -0.2) is 79.1 Å². The summed E-state index contributed by atoms with van der Waals surface area (Å²) in [4.78, 5) is 16.3. The van der Waals surface area contributed by atoms with Crippen LogP contribution in [0.2, 0.25) is 0 Å². The maximum atomic E-state index is 12.1. The van der Waals surface area contributed by atoms with E-state index in [1.54, 1.807) is 4.90 Å². The number of carbonyl (C=O) groups excluding carboxylic acids is 1. The number of rotatable bonds is 4. The first kappa shape index (κ1) is 19.9. The lowest BCUT2D eigenvalue weighted by atomic mass is 9.90. The lowest BCUT2D eigenvalue weighted by Gasteiger charge is -2.42. The van der Waals surface area contributed by atoms with E-state index >= 15 is 0 Å². The predicted octanol–water partition coefficient (Wildman–Crippen LogP) is 3.04. The summed E-state index contributed by atoms with van der Waals surface area (Å²) in [5.41, 5.74) is -0.431. The number of amides is 1. The summed E-state index contributed by atoms with van der Waals surface area (Å²) < 4.78 is 17.9. The summed E-state index contributed by atoms with van der Waals surface area (Å²) in [7, 11) is 2.18. The Morgan fingerprint density at radius 2 is 1.27 bits per heavy atom. The molecule has 3 aliphatic rings. The summed E-state index contributed by atoms with van der Waals surface area (Å²) in [6, 6.07) is 0. The van der Waals surface area contributed by atoms with Crippen molar-refractivity contribution in [3.05, 3.63) is 0 Å². The summed E-state index contributed by atoms with van der Waals surface area (Å²) in [6.45, 7) is 9.45. The number of likely N-dealkylation sites (tertiary alicyclic amines) is 2. The molecule has 3 rings (SSSR count). The molecule has 3 fully saturated rings. The van der Waals surface area contributed by atoms with Gasteiger partial charge < -0.3 is 24.0 Å². The van der Waals surface area contributed by atoms with Gasteiger partial charge in [-0.3, -0.25) is 0 Å². The van der Waals surface area contributed by atoms with E-state index in [-0.39, 0.29) is 12.2 Å². The quantitative estimate of drug-likeness (QED) is 0.763. The highest BCUT2D eigenvalue weighted by atomic mass is 16.6. The van der Waals surface area contributed by atoms with Crippen molar-refractivity contribution in [3.63, 3.8) is 0 Å². The van der Waals surface area contributed by atoms with Crippen molar-refractivity contribution in [1.82, 2.24) is 9.80 Å². The van der Waals surface area contributed by atoms with Gasteiger partial charge in [0, 0.05) is 26.2 Å². The molecule has 0 N–H and O–H groups in total. The van der Waals surface area contributed by atoms with Crippen molar-refractivity contribution in [2.45, 2.75) is 89.3 Å². The number of ether oxygens (including phenoxy) is 3. The van der Waals surface area contributed by atoms with Crippen molar-refractivity contribution < 1.29 is 19.0 Å². The zero-order valence-corrected chi connectivity index (χ0v) is 16.9. The van der Waals surface area contributed by atoms with Crippen molar-refractivity contribution in [3.8, 4) is 0 Å². The molecule has 1 amide bonds. The Morgan fingerprint density at radius 1 is 0.808 bits per heavy atom. The van der Waals surface area contributed by atoms with Gasteiger partial charge in [-0.2, -0.15) is 0 Å². The summed E-state index contributed by atoms with van der Waals surface area (Å²) in [5, 5.41) is 0. The van der Waals surface area contributed by atoms with E-state index in [0.717, 1.165) is 64.7 Å². The summed E-state index contributed by atoms with van der Waals surface area (Å²) in [5.74, 6) is 0. The molecule has 150 valence electrons. The molecule has 0 radical (unpaired) electrons.